The zero-order valence-corrected chi connectivity index (χ0v) is 16.7. The lowest BCUT2D eigenvalue weighted by Gasteiger charge is -2.20. The second kappa shape index (κ2) is 11.4. The quantitative estimate of drug-likeness (QED) is 0.443. The maximum atomic E-state index is 9.28. The van der Waals surface area contributed by atoms with Crippen LogP contribution in [0.25, 0.3) is 5.69 Å². The van der Waals surface area contributed by atoms with E-state index in [0.717, 1.165) is 43.1 Å². The van der Waals surface area contributed by atoms with Gasteiger partial charge in [0.15, 0.2) is 5.96 Å². The first-order chi connectivity index (χ1) is 13.1. The molecule has 0 aliphatic heterocycles. The lowest BCUT2D eigenvalue weighted by molar-refractivity contribution is 0.243. The molecule has 0 radical (unpaired) electrons. The van der Waals surface area contributed by atoms with Gasteiger partial charge in [0.05, 0.1) is 18.4 Å². The molecule has 1 aromatic carbocycles. The predicted molar refractivity (Wildman–Crippen MR) is 111 cm³/mol. The van der Waals surface area contributed by atoms with Crippen molar-refractivity contribution in [1.29, 1.82) is 0 Å². The van der Waals surface area contributed by atoms with Gasteiger partial charge in [0.2, 0.25) is 0 Å². The highest BCUT2D eigenvalue weighted by Crippen LogP contribution is 2.14. The highest BCUT2D eigenvalue weighted by atomic mass is 16.3. The molecule has 0 bridgehead atoms. The Hall–Kier alpha value is -2.34. The number of rotatable bonds is 10. The fraction of sp³-hybridized carbons (Fsp3) is 0.524. The van der Waals surface area contributed by atoms with E-state index >= 15 is 0 Å². The topological polar surface area (TPSA) is 74.5 Å². The number of para-hydroxylation sites is 1. The van der Waals surface area contributed by atoms with Crippen LogP contribution in [0.4, 0.5) is 0 Å². The van der Waals surface area contributed by atoms with Crippen molar-refractivity contribution in [2.75, 3.05) is 19.7 Å². The van der Waals surface area contributed by atoms with Crippen LogP contribution < -0.4 is 10.6 Å². The zero-order chi connectivity index (χ0) is 19.5. The zero-order valence-electron chi connectivity index (χ0n) is 16.7. The van der Waals surface area contributed by atoms with Gasteiger partial charge in [-0.25, -0.2) is 9.67 Å². The summed E-state index contributed by atoms with van der Waals surface area (Å²) in [5, 5.41) is 20.4. The molecule has 0 saturated carbocycles. The second-order valence-electron chi connectivity index (χ2n) is 7.21. The Morgan fingerprint density at radius 3 is 2.67 bits per heavy atom. The van der Waals surface area contributed by atoms with Gasteiger partial charge in [-0.3, -0.25) is 0 Å². The first-order valence-electron chi connectivity index (χ1n) is 9.84. The minimum absolute atomic E-state index is 0.228. The van der Waals surface area contributed by atoms with Crippen molar-refractivity contribution in [3.8, 4) is 5.69 Å². The molecular formula is C21H33N5O. The molecule has 2 rings (SSSR count). The van der Waals surface area contributed by atoms with Crippen molar-refractivity contribution in [2.45, 2.75) is 40.2 Å². The molecule has 3 N–H and O–H groups in total. The number of aliphatic imine (C=N–C) groups is 1. The summed E-state index contributed by atoms with van der Waals surface area (Å²) in [7, 11) is 0. The van der Waals surface area contributed by atoms with Gasteiger partial charge in [-0.05, 0) is 43.7 Å². The molecule has 1 heterocycles. The van der Waals surface area contributed by atoms with Crippen LogP contribution >= 0.6 is 0 Å². The van der Waals surface area contributed by atoms with E-state index in [2.05, 4.69) is 41.5 Å². The molecule has 2 aromatic rings. The number of aromatic nitrogens is 2. The number of nitrogens with zero attached hydrogens (tertiary/aromatic N) is 3. The average molecular weight is 372 g/mol. The van der Waals surface area contributed by atoms with Crippen molar-refractivity contribution in [1.82, 2.24) is 20.4 Å². The van der Waals surface area contributed by atoms with E-state index < -0.39 is 0 Å². The Labute approximate surface area is 162 Å². The number of guanidine groups is 1. The first kappa shape index (κ1) is 21.0. The standard InChI is InChI=1S/C21H33N5O/c1-4-22-21(23-13-18(10-11-27)12-17(2)3)24-14-19-15-25-26(16-19)20-8-6-5-7-9-20/h5-9,15-18,27H,4,10-14H2,1-3H3,(H2,22,23,24). The van der Waals surface area contributed by atoms with E-state index in [1.165, 1.54) is 0 Å². The van der Waals surface area contributed by atoms with Gasteiger partial charge in [0, 0.05) is 31.5 Å². The first-order valence-corrected chi connectivity index (χ1v) is 9.84. The maximum absolute atomic E-state index is 9.28. The lowest BCUT2D eigenvalue weighted by Crippen LogP contribution is -2.40. The van der Waals surface area contributed by atoms with Gasteiger partial charge in [-0.1, -0.05) is 32.0 Å². The third kappa shape index (κ3) is 7.43. The number of aliphatic hydroxyl groups excluding tert-OH is 1. The van der Waals surface area contributed by atoms with Crippen LogP contribution in [-0.2, 0) is 6.54 Å². The predicted octanol–water partition coefficient (Wildman–Crippen LogP) is 2.97. The van der Waals surface area contributed by atoms with E-state index in [1.54, 1.807) is 0 Å². The molecule has 1 aromatic heterocycles. The Morgan fingerprint density at radius 1 is 1.22 bits per heavy atom. The highest BCUT2D eigenvalue weighted by molar-refractivity contribution is 5.79. The molecule has 0 aliphatic carbocycles. The van der Waals surface area contributed by atoms with Crippen molar-refractivity contribution < 1.29 is 5.11 Å². The summed E-state index contributed by atoms with van der Waals surface area (Å²) in [4.78, 5) is 4.68. The second-order valence-corrected chi connectivity index (χ2v) is 7.21. The maximum Gasteiger partial charge on any atom is 0.191 e. The monoisotopic (exact) mass is 371 g/mol. The molecule has 0 aliphatic rings. The number of aliphatic hydroxyl groups is 1. The minimum Gasteiger partial charge on any atom is -0.396 e. The summed E-state index contributed by atoms with van der Waals surface area (Å²) in [5.41, 5.74) is 2.10. The fourth-order valence-electron chi connectivity index (χ4n) is 3.07. The largest absolute Gasteiger partial charge is 0.396 e. The number of nitrogens with one attached hydrogen (secondary N) is 2. The minimum atomic E-state index is 0.228. The van der Waals surface area contributed by atoms with Crippen LogP contribution in [0, 0.1) is 11.8 Å². The van der Waals surface area contributed by atoms with Gasteiger partial charge < -0.3 is 15.7 Å². The van der Waals surface area contributed by atoms with Crippen LogP contribution in [0.3, 0.4) is 0 Å². The van der Waals surface area contributed by atoms with Crippen molar-refractivity contribution in [3.63, 3.8) is 0 Å². The summed E-state index contributed by atoms with van der Waals surface area (Å²) in [6, 6.07) is 10.1. The Bertz CT molecular complexity index is 681. The number of hydrogen-bond acceptors (Lipinski definition) is 3. The summed E-state index contributed by atoms with van der Waals surface area (Å²) < 4.78 is 1.87. The van der Waals surface area contributed by atoms with Crippen LogP contribution in [0.15, 0.2) is 47.7 Å². The summed E-state index contributed by atoms with van der Waals surface area (Å²) in [6.45, 7) is 8.91. The smallest absolute Gasteiger partial charge is 0.191 e. The average Bonchev–Trinajstić information content (AvgIpc) is 3.13. The Morgan fingerprint density at radius 2 is 2.00 bits per heavy atom. The van der Waals surface area contributed by atoms with E-state index in [1.807, 2.05) is 47.4 Å². The van der Waals surface area contributed by atoms with Crippen molar-refractivity contribution in [3.05, 3.63) is 48.3 Å². The van der Waals surface area contributed by atoms with Gasteiger partial charge in [0.1, 0.15) is 0 Å². The fourth-order valence-corrected chi connectivity index (χ4v) is 3.07. The highest BCUT2D eigenvalue weighted by Gasteiger charge is 2.11. The summed E-state index contributed by atoms with van der Waals surface area (Å²) in [5.74, 6) is 1.86. The van der Waals surface area contributed by atoms with Crippen LogP contribution in [0.2, 0.25) is 0 Å². The summed E-state index contributed by atoms with van der Waals surface area (Å²) >= 11 is 0. The lowest BCUT2D eigenvalue weighted by atomic mass is 9.94. The van der Waals surface area contributed by atoms with Crippen LogP contribution in [0.1, 0.15) is 39.2 Å². The van der Waals surface area contributed by atoms with Crippen LogP contribution in [0.5, 0.6) is 0 Å². The molecule has 0 spiro atoms. The van der Waals surface area contributed by atoms with Crippen LogP contribution in [-0.4, -0.2) is 40.5 Å². The molecule has 0 amide bonds. The molecule has 148 valence electrons. The Balaban J connectivity index is 1.95. The van der Waals surface area contributed by atoms with Gasteiger partial charge in [-0.15, -0.1) is 0 Å². The van der Waals surface area contributed by atoms with E-state index in [-0.39, 0.29) is 6.61 Å². The number of benzene rings is 1. The van der Waals surface area contributed by atoms with E-state index in [9.17, 15) is 5.11 Å². The van der Waals surface area contributed by atoms with Crippen molar-refractivity contribution >= 4 is 5.96 Å². The molecule has 0 saturated heterocycles. The van der Waals surface area contributed by atoms with E-state index in [0.29, 0.717) is 18.4 Å². The molecule has 6 heteroatoms. The molecular weight excluding hydrogens is 338 g/mol. The molecule has 27 heavy (non-hydrogen) atoms. The molecule has 0 fully saturated rings. The van der Waals surface area contributed by atoms with Gasteiger partial charge in [0.25, 0.3) is 0 Å². The Kier molecular flexibility index (Phi) is 8.84. The van der Waals surface area contributed by atoms with Gasteiger partial charge in [-0.2, -0.15) is 5.10 Å². The third-order valence-electron chi connectivity index (χ3n) is 4.32. The molecule has 1 atom stereocenters. The third-order valence-corrected chi connectivity index (χ3v) is 4.32. The van der Waals surface area contributed by atoms with Crippen molar-refractivity contribution in [2.24, 2.45) is 16.8 Å². The summed E-state index contributed by atoms with van der Waals surface area (Å²) in [6.07, 6.45) is 5.77. The molecule has 6 nitrogen and oxygen atoms in total. The SMILES string of the molecule is CCNC(=NCc1cnn(-c2ccccc2)c1)NCC(CCO)CC(C)C. The number of hydrogen-bond donors (Lipinski definition) is 3. The normalized spacial score (nSPS) is 13.0. The van der Waals surface area contributed by atoms with E-state index in [4.69, 9.17) is 0 Å². The molecule has 1 unspecified atom stereocenters. The van der Waals surface area contributed by atoms with Gasteiger partial charge >= 0.3 is 0 Å².